The van der Waals surface area contributed by atoms with Gasteiger partial charge in [-0.05, 0) is 182 Å². The third kappa shape index (κ3) is 6.41. The molecule has 2 N–H and O–H groups in total. The summed E-state index contributed by atoms with van der Waals surface area (Å²) in [5.74, 6) is 0.494. The molecule has 0 saturated carbocycles. The van der Waals surface area contributed by atoms with Gasteiger partial charge in [-0.25, -0.2) is 0 Å². The predicted octanol–water partition coefficient (Wildman–Crippen LogP) is 16.7. The fraction of sp³-hybridized carbons (Fsp3) is 0.0154. The van der Waals surface area contributed by atoms with Crippen LogP contribution in [-0.2, 0) is 5.41 Å². The minimum atomic E-state index is -0.745. The van der Waals surface area contributed by atoms with Crippen molar-refractivity contribution in [2.24, 2.45) is 0 Å². The Bertz CT molecular complexity index is 3680. The Morgan fingerprint density at radius 1 is 0.224 bits per heavy atom. The van der Waals surface area contributed by atoms with Crippen molar-refractivity contribution in [1.82, 2.24) is 0 Å². The summed E-state index contributed by atoms with van der Waals surface area (Å²) in [5, 5.41) is 30.1. The molecule has 1 aliphatic carbocycles. The SMILES string of the molecule is Oc1ccc2cc(C3(c4ccc5cc(O)ccc5c4)c4cc(-c5ccc(-c6ccc7ccccc7c6)cc5)ccc4-c4ccc(-c5ccc(-c6ccc7ccccc7c6)cc5)cc43)ccc2c1. The highest BCUT2D eigenvalue weighted by Gasteiger charge is 2.47. The number of benzene rings is 12. The fourth-order valence-corrected chi connectivity index (χ4v) is 10.9. The van der Waals surface area contributed by atoms with Gasteiger partial charge in [-0.3, -0.25) is 0 Å². The Balaban J connectivity index is 1.01. The van der Waals surface area contributed by atoms with Gasteiger partial charge in [-0.1, -0.05) is 182 Å². The van der Waals surface area contributed by atoms with Crippen LogP contribution < -0.4 is 0 Å². The Morgan fingerprint density at radius 2 is 0.522 bits per heavy atom. The third-order valence-electron chi connectivity index (χ3n) is 14.3. The molecule has 0 heterocycles. The smallest absolute Gasteiger partial charge is 0.116 e. The Kier molecular flexibility index (Phi) is 8.78. The third-order valence-corrected chi connectivity index (χ3v) is 14.3. The molecular weight excluding hydrogens is 813 g/mol. The Hall–Kier alpha value is -8.72. The zero-order chi connectivity index (χ0) is 44.6. The van der Waals surface area contributed by atoms with Crippen molar-refractivity contribution in [1.29, 1.82) is 0 Å². The van der Waals surface area contributed by atoms with Crippen LogP contribution in [0.25, 0.3) is 98.7 Å². The van der Waals surface area contributed by atoms with Gasteiger partial charge in [0.05, 0.1) is 5.41 Å². The summed E-state index contributed by atoms with van der Waals surface area (Å²) in [5.41, 5.74) is 15.7. The number of hydrogen-bond donors (Lipinski definition) is 2. The number of hydrogen-bond acceptors (Lipinski definition) is 2. The lowest BCUT2D eigenvalue weighted by Crippen LogP contribution is -2.28. The molecule has 0 atom stereocenters. The van der Waals surface area contributed by atoms with Gasteiger partial charge in [0.25, 0.3) is 0 Å². The van der Waals surface area contributed by atoms with Crippen molar-refractivity contribution in [2.75, 3.05) is 0 Å². The minimum Gasteiger partial charge on any atom is -0.508 e. The zero-order valence-corrected chi connectivity index (χ0v) is 36.5. The van der Waals surface area contributed by atoms with Crippen LogP contribution in [0.3, 0.4) is 0 Å². The first-order valence-electron chi connectivity index (χ1n) is 22.9. The van der Waals surface area contributed by atoms with Crippen LogP contribution in [0.5, 0.6) is 11.5 Å². The molecule has 67 heavy (non-hydrogen) atoms. The van der Waals surface area contributed by atoms with E-state index in [9.17, 15) is 10.2 Å². The maximum absolute atomic E-state index is 10.5. The lowest BCUT2D eigenvalue weighted by molar-refractivity contribution is 0.475. The number of phenolic OH excluding ortho intramolecular Hbond substituents is 2. The van der Waals surface area contributed by atoms with E-state index >= 15 is 0 Å². The Labute approximate surface area is 389 Å². The number of phenols is 2. The van der Waals surface area contributed by atoms with Crippen molar-refractivity contribution >= 4 is 43.1 Å². The first-order chi connectivity index (χ1) is 32.9. The van der Waals surface area contributed by atoms with Gasteiger partial charge >= 0.3 is 0 Å². The lowest BCUT2D eigenvalue weighted by Gasteiger charge is -2.35. The van der Waals surface area contributed by atoms with E-state index in [4.69, 9.17) is 0 Å². The lowest BCUT2D eigenvalue weighted by atomic mass is 9.66. The van der Waals surface area contributed by atoms with E-state index in [2.05, 4.69) is 206 Å². The normalized spacial score (nSPS) is 12.7. The van der Waals surface area contributed by atoms with Gasteiger partial charge < -0.3 is 10.2 Å². The van der Waals surface area contributed by atoms with Crippen molar-refractivity contribution in [3.05, 3.63) is 265 Å². The van der Waals surface area contributed by atoms with Crippen LogP contribution in [-0.4, -0.2) is 10.2 Å². The molecule has 13 rings (SSSR count). The summed E-state index contributed by atoms with van der Waals surface area (Å²) in [6.45, 7) is 0. The molecule has 0 amide bonds. The summed E-state index contributed by atoms with van der Waals surface area (Å²) in [7, 11) is 0. The first kappa shape index (κ1) is 38.7. The van der Waals surface area contributed by atoms with Gasteiger partial charge in [-0.2, -0.15) is 0 Å². The van der Waals surface area contributed by atoms with E-state index in [0.29, 0.717) is 0 Å². The van der Waals surface area contributed by atoms with E-state index in [0.717, 1.165) is 54.9 Å². The molecule has 0 aliphatic heterocycles. The quantitative estimate of drug-likeness (QED) is 0.175. The van der Waals surface area contributed by atoms with Crippen LogP contribution in [0.1, 0.15) is 22.3 Å². The molecule has 2 nitrogen and oxygen atoms in total. The molecule has 0 bridgehead atoms. The van der Waals surface area contributed by atoms with Crippen LogP contribution in [0.4, 0.5) is 0 Å². The molecule has 0 unspecified atom stereocenters. The largest absolute Gasteiger partial charge is 0.508 e. The molecule has 0 fully saturated rings. The molecule has 0 aromatic heterocycles. The van der Waals surface area contributed by atoms with Crippen LogP contribution in [0, 0.1) is 0 Å². The highest BCUT2D eigenvalue weighted by atomic mass is 16.3. The van der Waals surface area contributed by atoms with E-state index in [1.54, 1.807) is 12.1 Å². The van der Waals surface area contributed by atoms with Crippen LogP contribution in [0.2, 0.25) is 0 Å². The number of fused-ring (bicyclic) bond motifs is 7. The monoisotopic (exact) mass is 854 g/mol. The summed E-state index contributed by atoms with van der Waals surface area (Å²) in [4.78, 5) is 0. The number of rotatable bonds is 6. The van der Waals surface area contributed by atoms with Gasteiger partial charge in [0, 0.05) is 0 Å². The average Bonchev–Trinajstić information content (AvgIpc) is 3.67. The van der Waals surface area contributed by atoms with E-state index in [-0.39, 0.29) is 11.5 Å². The molecule has 2 heteroatoms. The van der Waals surface area contributed by atoms with E-state index < -0.39 is 5.41 Å². The highest BCUT2D eigenvalue weighted by molar-refractivity contribution is 5.95. The summed E-state index contributed by atoms with van der Waals surface area (Å²) in [6, 6.07) is 87.0. The summed E-state index contributed by atoms with van der Waals surface area (Å²) >= 11 is 0. The Morgan fingerprint density at radius 3 is 0.940 bits per heavy atom. The second kappa shape index (κ2) is 15.2. The molecule has 0 spiro atoms. The maximum Gasteiger partial charge on any atom is 0.116 e. The second-order valence-corrected chi connectivity index (χ2v) is 18.0. The first-order valence-corrected chi connectivity index (χ1v) is 22.9. The van der Waals surface area contributed by atoms with Gasteiger partial charge in [0.2, 0.25) is 0 Å². The maximum atomic E-state index is 10.5. The molecule has 0 saturated heterocycles. The predicted molar refractivity (Wildman–Crippen MR) is 279 cm³/mol. The molecule has 12 aromatic carbocycles. The number of aromatic hydroxyl groups is 2. The van der Waals surface area contributed by atoms with Gasteiger partial charge in [0.15, 0.2) is 0 Å². The van der Waals surface area contributed by atoms with E-state index in [1.807, 2.05) is 24.3 Å². The van der Waals surface area contributed by atoms with Crippen molar-refractivity contribution < 1.29 is 10.2 Å². The molecule has 12 aromatic rings. The van der Waals surface area contributed by atoms with Gasteiger partial charge in [0.1, 0.15) is 11.5 Å². The van der Waals surface area contributed by atoms with Crippen molar-refractivity contribution in [3.63, 3.8) is 0 Å². The van der Waals surface area contributed by atoms with Crippen molar-refractivity contribution in [3.8, 4) is 67.1 Å². The topological polar surface area (TPSA) is 40.5 Å². The summed E-state index contributed by atoms with van der Waals surface area (Å²) in [6.07, 6.45) is 0. The van der Waals surface area contributed by atoms with Crippen LogP contribution >= 0.6 is 0 Å². The fourth-order valence-electron chi connectivity index (χ4n) is 10.9. The molecule has 314 valence electrons. The van der Waals surface area contributed by atoms with Crippen molar-refractivity contribution in [2.45, 2.75) is 5.41 Å². The minimum absolute atomic E-state index is 0.247. The molecular formula is C65H42O2. The molecule has 1 aliphatic rings. The average molecular weight is 855 g/mol. The van der Waals surface area contributed by atoms with Crippen LogP contribution in [0.15, 0.2) is 243 Å². The summed E-state index contributed by atoms with van der Waals surface area (Å²) < 4.78 is 0. The standard InChI is InChI=1S/C65H42O2/c66-59-29-23-51-35-57(27-21-53(51)37-59)65(58-28-22-54-38-60(67)30-24-52(54)36-58)63-39-55(45-13-9-43(10-14-45)49-19-17-41-5-1-3-7-47(41)33-49)25-31-61(63)62-32-26-56(40-64(62)65)46-15-11-44(12-16-46)50-20-18-42-6-2-4-8-48(42)34-50/h1-40,66-67H. The van der Waals surface area contributed by atoms with E-state index in [1.165, 1.54) is 66.1 Å². The van der Waals surface area contributed by atoms with Gasteiger partial charge in [-0.15, -0.1) is 0 Å². The zero-order valence-electron chi connectivity index (χ0n) is 36.5. The molecule has 0 radical (unpaired) electrons. The highest BCUT2D eigenvalue weighted by Crippen LogP contribution is 2.58. The second-order valence-electron chi connectivity index (χ2n) is 18.0.